The molecule has 0 aliphatic rings. The fourth-order valence-corrected chi connectivity index (χ4v) is 1.16. The number of hydrogen-bond donors (Lipinski definition) is 2. The van der Waals surface area contributed by atoms with Crippen LogP contribution in [0.3, 0.4) is 0 Å². The maximum absolute atomic E-state index is 8.67. The van der Waals surface area contributed by atoms with Crippen molar-refractivity contribution in [3.8, 4) is 0 Å². The van der Waals surface area contributed by atoms with E-state index in [-0.39, 0.29) is 6.61 Å². The normalized spacial score (nSPS) is 10.7. The third-order valence-corrected chi connectivity index (χ3v) is 1.80. The van der Waals surface area contributed by atoms with Crippen molar-refractivity contribution in [2.24, 2.45) is 0 Å². The Bertz CT molecular complexity index is 436. The van der Waals surface area contributed by atoms with Gasteiger partial charge in [-0.3, -0.25) is 4.68 Å². The molecule has 0 saturated carbocycles. The molecule has 2 rings (SSSR count). The topological polar surface area (TPSA) is 103 Å². The Hall–Kier alpha value is -1.89. The Balaban J connectivity index is 2.04. The lowest BCUT2D eigenvalue weighted by molar-refractivity contribution is 0.292. The van der Waals surface area contributed by atoms with Crippen LogP contribution in [0.25, 0.3) is 0 Å². The van der Waals surface area contributed by atoms with E-state index >= 15 is 0 Å². The smallest absolute Gasteiger partial charge is 0.248 e. The second-order valence-electron chi connectivity index (χ2n) is 3.05. The highest BCUT2D eigenvalue weighted by Crippen LogP contribution is 2.03. The average Bonchev–Trinajstić information content (AvgIpc) is 2.78. The van der Waals surface area contributed by atoms with E-state index in [1.54, 1.807) is 17.1 Å². The van der Waals surface area contributed by atoms with Crippen LogP contribution >= 0.6 is 0 Å². The largest absolute Gasteiger partial charge is 0.396 e. The molecule has 2 heterocycles. The highest BCUT2D eigenvalue weighted by molar-refractivity contribution is 5.30. The van der Waals surface area contributed by atoms with Gasteiger partial charge in [-0.2, -0.15) is 10.1 Å². The van der Waals surface area contributed by atoms with E-state index in [0.29, 0.717) is 30.4 Å². The lowest BCUT2D eigenvalue weighted by Crippen LogP contribution is -2.00. The van der Waals surface area contributed by atoms with Crippen molar-refractivity contribution >= 4 is 5.69 Å². The molecule has 15 heavy (non-hydrogen) atoms. The predicted octanol–water partition coefficient (Wildman–Crippen LogP) is -0.569. The van der Waals surface area contributed by atoms with Crippen molar-refractivity contribution in [1.29, 1.82) is 0 Å². The molecule has 0 radical (unpaired) electrons. The summed E-state index contributed by atoms with van der Waals surface area (Å²) in [5.74, 6) is 0.939. The first-order valence-corrected chi connectivity index (χ1v) is 4.48. The number of nitrogens with zero attached hydrogens (tertiary/aromatic N) is 4. The van der Waals surface area contributed by atoms with Crippen LogP contribution in [-0.2, 0) is 13.0 Å². The van der Waals surface area contributed by atoms with E-state index in [0.717, 1.165) is 0 Å². The van der Waals surface area contributed by atoms with E-state index in [9.17, 15) is 0 Å². The van der Waals surface area contributed by atoms with Gasteiger partial charge in [0.15, 0.2) is 5.82 Å². The van der Waals surface area contributed by atoms with Crippen molar-refractivity contribution in [3.63, 3.8) is 0 Å². The SMILES string of the molecule is Nc1cnn(Cc2nc(CCO)no2)c1. The van der Waals surface area contributed by atoms with Gasteiger partial charge in [0.1, 0.15) is 6.54 Å². The summed E-state index contributed by atoms with van der Waals surface area (Å²) in [5, 5.41) is 16.3. The summed E-state index contributed by atoms with van der Waals surface area (Å²) in [6.45, 7) is 0.392. The molecule has 0 fully saturated rings. The van der Waals surface area contributed by atoms with E-state index in [1.807, 2.05) is 0 Å². The third-order valence-electron chi connectivity index (χ3n) is 1.80. The molecule has 0 aliphatic carbocycles. The van der Waals surface area contributed by atoms with E-state index in [4.69, 9.17) is 15.4 Å². The number of hydrogen-bond acceptors (Lipinski definition) is 6. The summed E-state index contributed by atoms with van der Waals surface area (Å²) < 4.78 is 6.56. The molecule has 2 aromatic rings. The summed E-state index contributed by atoms with van der Waals surface area (Å²) >= 11 is 0. The number of aliphatic hydroxyl groups excluding tert-OH is 1. The minimum Gasteiger partial charge on any atom is -0.396 e. The van der Waals surface area contributed by atoms with Gasteiger partial charge in [-0.05, 0) is 0 Å². The molecule has 7 heteroatoms. The Kier molecular flexibility index (Phi) is 2.64. The summed E-state index contributed by atoms with van der Waals surface area (Å²) in [7, 11) is 0. The van der Waals surface area contributed by atoms with Gasteiger partial charge < -0.3 is 15.4 Å². The lowest BCUT2D eigenvalue weighted by Gasteiger charge is -1.93. The van der Waals surface area contributed by atoms with Crippen molar-refractivity contribution in [2.45, 2.75) is 13.0 Å². The number of anilines is 1. The maximum Gasteiger partial charge on any atom is 0.248 e. The molecule has 0 bridgehead atoms. The van der Waals surface area contributed by atoms with Crippen LogP contribution in [0.4, 0.5) is 5.69 Å². The molecule has 3 N–H and O–H groups in total. The molecule has 0 aliphatic heterocycles. The van der Waals surface area contributed by atoms with Crippen molar-refractivity contribution < 1.29 is 9.63 Å². The molecule has 0 amide bonds. The molecule has 80 valence electrons. The lowest BCUT2D eigenvalue weighted by atomic mass is 10.4. The number of nitrogens with two attached hydrogens (primary N) is 1. The molecular weight excluding hydrogens is 198 g/mol. The van der Waals surface area contributed by atoms with Crippen molar-refractivity contribution in [2.75, 3.05) is 12.3 Å². The summed E-state index contributed by atoms with van der Waals surface area (Å²) in [4.78, 5) is 4.07. The van der Waals surface area contributed by atoms with E-state index < -0.39 is 0 Å². The maximum atomic E-state index is 8.67. The first-order chi connectivity index (χ1) is 7.28. The molecule has 0 spiro atoms. The Morgan fingerprint density at radius 2 is 2.40 bits per heavy atom. The first kappa shape index (κ1) is 9.66. The first-order valence-electron chi connectivity index (χ1n) is 4.48. The summed E-state index contributed by atoms with van der Waals surface area (Å²) in [6.07, 6.45) is 3.62. The molecule has 7 nitrogen and oxygen atoms in total. The van der Waals surface area contributed by atoms with Gasteiger partial charge in [0.05, 0.1) is 18.5 Å². The highest BCUT2D eigenvalue weighted by Gasteiger charge is 2.06. The quantitative estimate of drug-likeness (QED) is 0.699. The monoisotopic (exact) mass is 209 g/mol. The summed E-state index contributed by atoms with van der Waals surface area (Å²) in [6, 6.07) is 0. The zero-order chi connectivity index (χ0) is 10.7. The zero-order valence-corrected chi connectivity index (χ0v) is 8.00. The van der Waals surface area contributed by atoms with Gasteiger partial charge in [-0.15, -0.1) is 0 Å². The van der Waals surface area contributed by atoms with Crippen molar-refractivity contribution in [3.05, 3.63) is 24.1 Å². The number of rotatable bonds is 4. The number of aliphatic hydroxyl groups is 1. The van der Waals surface area contributed by atoms with Gasteiger partial charge >= 0.3 is 0 Å². The fourth-order valence-electron chi connectivity index (χ4n) is 1.16. The Labute approximate surface area is 85.5 Å². The van der Waals surface area contributed by atoms with Crippen molar-refractivity contribution in [1.82, 2.24) is 19.9 Å². The minimum absolute atomic E-state index is 0.00763. The van der Waals surface area contributed by atoms with Gasteiger partial charge in [-0.25, -0.2) is 0 Å². The van der Waals surface area contributed by atoms with Crippen LogP contribution in [0.15, 0.2) is 16.9 Å². The second-order valence-corrected chi connectivity index (χ2v) is 3.05. The Morgan fingerprint density at radius 1 is 1.53 bits per heavy atom. The molecular formula is C8H11N5O2. The van der Waals surface area contributed by atoms with Gasteiger partial charge in [0, 0.05) is 12.6 Å². The molecule has 0 saturated heterocycles. The van der Waals surface area contributed by atoms with Crippen LogP contribution < -0.4 is 5.73 Å². The predicted molar refractivity (Wildman–Crippen MR) is 50.8 cm³/mol. The second kappa shape index (κ2) is 4.09. The number of aromatic nitrogens is 4. The van der Waals surface area contributed by atoms with Crippen LogP contribution in [-0.4, -0.2) is 31.6 Å². The number of nitrogen functional groups attached to an aromatic ring is 1. The molecule has 2 aromatic heterocycles. The molecule has 0 atom stereocenters. The highest BCUT2D eigenvalue weighted by atomic mass is 16.5. The standard InChI is InChI=1S/C8H11N5O2/c9-6-3-10-13(4-6)5-8-11-7(1-2-14)12-15-8/h3-4,14H,1-2,5,9H2. The van der Waals surface area contributed by atoms with E-state index in [1.165, 1.54) is 0 Å². The Morgan fingerprint density at radius 3 is 3.07 bits per heavy atom. The fraction of sp³-hybridized carbons (Fsp3) is 0.375. The van der Waals surface area contributed by atoms with Gasteiger partial charge in [0.25, 0.3) is 0 Å². The minimum atomic E-state index is 0.00763. The van der Waals surface area contributed by atoms with Crippen LogP contribution in [0.1, 0.15) is 11.7 Å². The van der Waals surface area contributed by atoms with Gasteiger partial charge in [0.2, 0.25) is 5.89 Å². The molecule has 0 unspecified atom stereocenters. The van der Waals surface area contributed by atoms with Crippen LogP contribution in [0.5, 0.6) is 0 Å². The summed E-state index contributed by atoms with van der Waals surface area (Å²) in [5.41, 5.74) is 6.09. The van der Waals surface area contributed by atoms with Crippen LogP contribution in [0.2, 0.25) is 0 Å². The van der Waals surface area contributed by atoms with E-state index in [2.05, 4.69) is 15.2 Å². The zero-order valence-electron chi connectivity index (χ0n) is 8.00. The van der Waals surface area contributed by atoms with Gasteiger partial charge in [-0.1, -0.05) is 5.16 Å². The molecule has 0 aromatic carbocycles. The third kappa shape index (κ3) is 2.32. The van der Waals surface area contributed by atoms with Crippen LogP contribution in [0, 0.1) is 0 Å². The average molecular weight is 209 g/mol.